The van der Waals surface area contributed by atoms with Crippen LogP contribution in [0.25, 0.3) is 0 Å². The number of carbonyl (C=O) groups excluding carboxylic acids is 1. The molecule has 0 bridgehead atoms. The van der Waals surface area contributed by atoms with Gasteiger partial charge in [0.25, 0.3) is 0 Å². The molecule has 2 fully saturated rings. The number of ether oxygens (including phenoxy) is 1. The summed E-state index contributed by atoms with van der Waals surface area (Å²) in [5.74, 6) is -0.551. The van der Waals surface area contributed by atoms with Gasteiger partial charge in [0.1, 0.15) is 5.54 Å². The lowest BCUT2D eigenvalue weighted by atomic mass is 9.93. The minimum atomic E-state index is -1.02. The molecule has 2 aliphatic heterocycles. The monoisotopic (exact) mass is 284 g/mol. The molecule has 2 aliphatic rings. The van der Waals surface area contributed by atoms with E-state index in [1.165, 1.54) is 4.90 Å². The number of rotatable bonds is 4. The summed E-state index contributed by atoms with van der Waals surface area (Å²) in [4.78, 5) is 25.3. The molecule has 114 valence electrons. The van der Waals surface area contributed by atoms with Gasteiger partial charge < -0.3 is 20.1 Å². The molecular formula is C14H24N2O4. The van der Waals surface area contributed by atoms with Crippen molar-refractivity contribution < 1.29 is 19.4 Å². The SMILES string of the molecule is CCC1(C(=O)O)CCCN1C(=O)NCC1CCCOC1. The fraction of sp³-hybridized carbons (Fsp3) is 0.857. The highest BCUT2D eigenvalue weighted by Crippen LogP contribution is 2.32. The third-order valence-corrected chi connectivity index (χ3v) is 4.51. The van der Waals surface area contributed by atoms with E-state index in [9.17, 15) is 14.7 Å². The van der Waals surface area contributed by atoms with E-state index in [0.717, 1.165) is 25.9 Å². The summed E-state index contributed by atoms with van der Waals surface area (Å²) in [6.45, 7) is 4.39. The van der Waals surface area contributed by atoms with E-state index in [1.54, 1.807) is 0 Å². The summed E-state index contributed by atoms with van der Waals surface area (Å²) in [7, 11) is 0. The van der Waals surface area contributed by atoms with Gasteiger partial charge >= 0.3 is 12.0 Å². The molecule has 6 heteroatoms. The van der Waals surface area contributed by atoms with Gasteiger partial charge in [-0.1, -0.05) is 6.92 Å². The molecule has 0 aromatic rings. The minimum absolute atomic E-state index is 0.252. The van der Waals surface area contributed by atoms with Crippen molar-refractivity contribution in [1.82, 2.24) is 10.2 Å². The van der Waals surface area contributed by atoms with Crippen LogP contribution in [0.3, 0.4) is 0 Å². The number of hydrogen-bond donors (Lipinski definition) is 2. The van der Waals surface area contributed by atoms with Crippen molar-refractivity contribution >= 4 is 12.0 Å². The summed E-state index contributed by atoms with van der Waals surface area (Å²) < 4.78 is 5.38. The minimum Gasteiger partial charge on any atom is -0.479 e. The van der Waals surface area contributed by atoms with Gasteiger partial charge in [-0.3, -0.25) is 0 Å². The fourth-order valence-electron chi connectivity index (χ4n) is 3.21. The van der Waals surface area contributed by atoms with E-state index in [2.05, 4.69) is 5.32 Å². The Balaban J connectivity index is 1.92. The number of carboxylic acid groups (broad SMARTS) is 1. The molecule has 2 amide bonds. The Labute approximate surface area is 119 Å². The van der Waals surface area contributed by atoms with Gasteiger partial charge in [-0.25, -0.2) is 9.59 Å². The highest BCUT2D eigenvalue weighted by molar-refractivity contribution is 5.87. The van der Waals surface area contributed by atoms with Crippen LogP contribution in [0, 0.1) is 5.92 Å². The number of aliphatic carboxylic acids is 1. The number of urea groups is 1. The second kappa shape index (κ2) is 6.43. The standard InChI is InChI=1S/C14H24N2O4/c1-2-14(12(17)18)6-4-7-16(14)13(19)15-9-11-5-3-8-20-10-11/h11H,2-10H2,1H3,(H,15,19)(H,17,18). The largest absolute Gasteiger partial charge is 0.479 e. The Morgan fingerprint density at radius 3 is 2.85 bits per heavy atom. The molecule has 0 radical (unpaired) electrons. The van der Waals surface area contributed by atoms with Gasteiger partial charge in [-0.05, 0) is 38.0 Å². The molecule has 2 rings (SSSR count). The average molecular weight is 284 g/mol. The van der Waals surface area contributed by atoms with Gasteiger partial charge in [-0.2, -0.15) is 0 Å². The van der Waals surface area contributed by atoms with Crippen molar-refractivity contribution in [1.29, 1.82) is 0 Å². The summed E-state index contributed by atoms with van der Waals surface area (Å²) in [6.07, 6.45) is 3.82. The van der Waals surface area contributed by atoms with Crippen LogP contribution in [0.2, 0.25) is 0 Å². The van der Waals surface area contributed by atoms with Crippen LogP contribution in [0.4, 0.5) is 4.79 Å². The quantitative estimate of drug-likeness (QED) is 0.819. The maximum Gasteiger partial charge on any atom is 0.329 e. The Morgan fingerprint density at radius 1 is 1.45 bits per heavy atom. The topological polar surface area (TPSA) is 78.9 Å². The van der Waals surface area contributed by atoms with Crippen molar-refractivity contribution in [2.45, 2.75) is 44.6 Å². The molecule has 0 aromatic carbocycles. The predicted octanol–water partition coefficient (Wildman–Crippen LogP) is 1.45. The van der Waals surface area contributed by atoms with Gasteiger partial charge in [-0.15, -0.1) is 0 Å². The maximum absolute atomic E-state index is 12.3. The molecule has 0 saturated carbocycles. The van der Waals surface area contributed by atoms with E-state index in [0.29, 0.717) is 38.5 Å². The lowest BCUT2D eigenvalue weighted by Crippen LogP contribution is -2.56. The normalized spacial score (nSPS) is 30.2. The molecule has 2 saturated heterocycles. The molecule has 0 aromatic heterocycles. The first kappa shape index (κ1) is 15.1. The molecular weight excluding hydrogens is 260 g/mol. The van der Waals surface area contributed by atoms with E-state index < -0.39 is 11.5 Å². The van der Waals surface area contributed by atoms with Crippen molar-refractivity contribution in [2.24, 2.45) is 5.92 Å². The molecule has 2 atom stereocenters. The van der Waals surface area contributed by atoms with Gasteiger partial charge in [0, 0.05) is 19.7 Å². The smallest absolute Gasteiger partial charge is 0.329 e. The first-order valence-electron chi connectivity index (χ1n) is 7.47. The van der Waals surface area contributed by atoms with Gasteiger partial charge in [0.15, 0.2) is 0 Å². The van der Waals surface area contributed by atoms with Crippen LogP contribution in [0.5, 0.6) is 0 Å². The van der Waals surface area contributed by atoms with Crippen LogP contribution in [-0.4, -0.2) is 53.8 Å². The van der Waals surface area contributed by atoms with Crippen molar-refractivity contribution in [3.05, 3.63) is 0 Å². The first-order chi connectivity index (χ1) is 9.60. The van der Waals surface area contributed by atoms with Gasteiger partial charge in [0.2, 0.25) is 0 Å². The number of hydrogen-bond acceptors (Lipinski definition) is 3. The first-order valence-corrected chi connectivity index (χ1v) is 7.47. The number of amides is 2. The van der Waals surface area contributed by atoms with Crippen molar-refractivity contribution in [3.63, 3.8) is 0 Å². The van der Waals surface area contributed by atoms with E-state index in [1.807, 2.05) is 6.92 Å². The third-order valence-electron chi connectivity index (χ3n) is 4.51. The molecule has 2 unspecified atom stereocenters. The summed E-state index contributed by atoms with van der Waals surface area (Å²) >= 11 is 0. The second-order valence-corrected chi connectivity index (χ2v) is 5.71. The highest BCUT2D eigenvalue weighted by atomic mass is 16.5. The third kappa shape index (κ3) is 2.90. The number of carboxylic acids is 1. The highest BCUT2D eigenvalue weighted by Gasteiger charge is 2.48. The Hall–Kier alpha value is -1.30. The Kier molecular flexibility index (Phi) is 4.86. The fourth-order valence-corrected chi connectivity index (χ4v) is 3.21. The molecule has 2 heterocycles. The lowest BCUT2D eigenvalue weighted by molar-refractivity contribution is -0.148. The van der Waals surface area contributed by atoms with Crippen molar-refractivity contribution in [2.75, 3.05) is 26.3 Å². The van der Waals surface area contributed by atoms with Crippen LogP contribution in [0.1, 0.15) is 39.0 Å². The van der Waals surface area contributed by atoms with E-state index in [4.69, 9.17) is 4.74 Å². The number of likely N-dealkylation sites (tertiary alicyclic amines) is 1. The number of nitrogens with zero attached hydrogens (tertiary/aromatic N) is 1. The lowest BCUT2D eigenvalue weighted by Gasteiger charge is -2.34. The average Bonchev–Trinajstić information content (AvgIpc) is 2.91. The van der Waals surface area contributed by atoms with Crippen molar-refractivity contribution in [3.8, 4) is 0 Å². The molecule has 0 aliphatic carbocycles. The second-order valence-electron chi connectivity index (χ2n) is 5.71. The molecule has 2 N–H and O–H groups in total. The van der Waals surface area contributed by atoms with Gasteiger partial charge in [0.05, 0.1) is 6.61 Å². The Bertz CT molecular complexity index is 368. The zero-order chi connectivity index (χ0) is 14.6. The van der Waals surface area contributed by atoms with Crippen LogP contribution >= 0.6 is 0 Å². The molecule has 6 nitrogen and oxygen atoms in total. The van der Waals surface area contributed by atoms with E-state index >= 15 is 0 Å². The zero-order valence-electron chi connectivity index (χ0n) is 12.1. The molecule has 20 heavy (non-hydrogen) atoms. The predicted molar refractivity (Wildman–Crippen MR) is 73.5 cm³/mol. The Morgan fingerprint density at radius 2 is 2.25 bits per heavy atom. The summed E-state index contributed by atoms with van der Waals surface area (Å²) in [5, 5.41) is 12.3. The van der Waals surface area contributed by atoms with E-state index in [-0.39, 0.29) is 6.03 Å². The number of carbonyl (C=O) groups is 2. The molecule has 0 spiro atoms. The number of nitrogens with one attached hydrogen (secondary N) is 1. The zero-order valence-corrected chi connectivity index (χ0v) is 12.1. The van der Waals surface area contributed by atoms with Crippen LogP contribution < -0.4 is 5.32 Å². The van der Waals surface area contributed by atoms with Crippen LogP contribution in [0.15, 0.2) is 0 Å². The summed E-state index contributed by atoms with van der Waals surface area (Å²) in [6, 6.07) is -0.252. The maximum atomic E-state index is 12.3. The summed E-state index contributed by atoms with van der Waals surface area (Å²) in [5.41, 5.74) is -1.02. The van der Waals surface area contributed by atoms with Crippen LogP contribution in [-0.2, 0) is 9.53 Å².